The molecule has 2 aromatic heterocycles. The van der Waals surface area contributed by atoms with Crippen LogP contribution in [0.4, 0.5) is 5.82 Å². The average Bonchev–Trinajstić information content (AvgIpc) is 3.08. The van der Waals surface area contributed by atoms with Crippen LogP contribution < -0.4 is 10.6 Å². The van der Waals surface area contributed by atoms with Crippen molar-refractivity contribution < 1.29 is 4.79 Å². The summed E-state index contributed by atoms with van der Waals surface area (Å²) in [4.78, 5) is 31.2. The van der Waals surface area contributed by atoms with Crippen molar-refractivity contribution in [2.24, 2.45) is 5.73 Å². The lowest BCUT2D eigenvalue weighted by Crippen LogP contribution is -2.35. The number of imidazole rings is 1. The Labute approximate surface area is 176 Å². The number of primary amides is 1. The van der Waals surface area contributed by atoms with Crippen molar-refractivity contribution in [3.8, 4) is 11.4 Å². The maximum Gasteiger partial charge on any atom is 0.250 e. The van der Waals surface area contributed by atoms with Crippen molar-refractivity contribution in [2.75, 3.05) is 58.3 Å². The van der Waals surface area contributed by atoms with E-state index in [1.54, 1.807) is 12.1 Å². The molecule has 30 heavy (non-hydrogen) atoms. The van der Waals surface area contributed by atoms with Gasteiger partial charge in [-0.2, -0.15) is 0 Å². The lowest BCUT2D eigenvalue weighted by atomic mass is 10.2. The van der Waals surface area contributed by atoms with Gasteiger partial charge in [-0.3, -0.25) is 4.79 Å². The van der Waals surface area contributed by atoms with E-state index in [0.717, 1.165) is 49.6 Å². The second-order valence-corrected chi connectivity index (χ2v) is 7.98. The van der Waals surface area contributed by atoms with E-state index in [1.165, 1.54) is 13.0 Å². The molecule has 0 saturated carbocycles. The standard InChI is InChI=1S/C22H29N7O/c1-27-9-4-10-29(13-11-27)14-12-28(2)19-8-7-16(15-24-19)22-25-18-6-3-5-17(21(23)30)20(18)26-22/h3,5-8,15H,4,9-14H2,1-2H3,(H2,23,30)(H,25,26). The molecule has 8 heteroatoms. The molecule has 0 aliphatic carbocycles. The number of para-hydroxylation sites is 1. The molecule has 4 rings (SSSR count). The molecule has 3 aromatic rings. The normalized spacial score (nSPS) is 15.9. The van der Waals surface area contributed by atoms with Crippen LogP contribution in [-0.2, 0) is 0 Å². The second kappa shape index (κ2) is 8.81. The van der Waals surface area contributed by atoms with E-state index in [4.69, 9.17) is 5.73 Å². The maximum absolute atomic E-state index is 11.6. The van der Waals surface area contributed by atoms with Crippen LogP contribution in [0.15, 0.2) is 36.5 Å². The summed E-state index contributed by atoms with van der Waals surface area (Å²) in [6.07, 6.45) is 3.04. The number of carbonyl (C=O) groups is 1. The van der Waals surface area contributed by atoms with Gasteiger partial charge in [-0.05, 0) is 50.8 Å². The first-order valence-electron chi connectivity index (χ1n) is 10.4. The summed E-state index contributed by atoms with van der Waals surface area (Å²) in [5, 5.41) is 0. The number of benzene rings is 1. The van der Waals surface area contributed by atoms with Crippen molar-refractivity contribution in [1.29, 1.82) is 0 Å². The molecule has 158 valence electrons. The predicted molar refractivity (Wildman–Crippen MR) is 120 cm³/mol. The summed E-state index contributed by atoms with van der Waals surface area (Å²) in [5.74, 6) is 1.12. The number of rotatable bonds is 6. The first kappa shape index (κ1) is 20.3. The number of aromatic amines is 1. The zero-order chi connectivity index (χ0) is 21.1. The van der Waals surface area contributed by atoms with Crippen molar-refractivity contribution in [1.82, 2.24) is 24.8 Å². The zero-order valence-corrected chi connectivity index (χ0v) is 17.6. The van der Waals surface area contributed by atoms with Gasteiger partial charge in [0.15, 0.2) is 0 Å². The van der Waals surface area contributed by atoms with Gasteiger partial charge < -0.3 is 25.4 Å². The monoisotopic (exact) mass is 407 g/mol. The molecular formula is C22H29N7O. The number of carbonyl (C=O) groups excluding carboxylic acids is 1. The van der Waals surface area contributed by atoms with Gasteiger partial charge in [0.25, 0.3) is 5.91 Å². The molecule has 1 aliphatic rings. The lowest BCUT2D eigenvalue weighted by molar-refractivity contribution is 0.100. The number of hydrogen-bond donors (Lipinski definition) is 2. The molecule has 1 aromatic carbocycles. The van der Waals surface area contributed by atoms with Gasteiger partial charge in [0, 0.05) is 45.0 Å². The van der Waals surface area contributed by atoms with E-state index in [9.17, 15) is 4.79 Å². The Kier molecular flexibility index (Phi) is 5.96. The number of H-pyrrole nitrogens is 1. The molecular weight excluding hydrogens is 378 g/mol. The van der Waals surface area contributed by atoms with Gasteiger partial charge in [-0.1, -0.05) is 6.07 Å². The number of fused-ring (bicyclic) bond motifs is 1. The number of nitrogens with two attached hydrogens (primary N) is 1. The summed E-state index contributed by atoms with van der Waals surface area (Å²) < 4.78 is 0. The smallest absolute Gasteiger partial charge is 0.250 e. The number of nitrogens with one attached hydrogen (secondary N) is 1. The van der Waals surface area contributed by atoms with Crippen LogP contribution in [0.3, 0.4) is 0 Å². The Morgan fingerprint density at radius 1 is 1.20 bits per heavy atom. The molecule has 0 atom stereocenters. The van der Waals surface area contributed by atoms with E-state index in [1.807, 2.05) is 24.4 Å². The lowest BCUT2D eigenvalue weighted by Gasteiger charge is -2.24. The van der Waals surface area contributed by atoms with Gasteiger partial charge in [0.2, 0.25) is 0 Å². The summed E-state index contributed by atoms with van der Waals surface area (Å²) in [5.41, 5.74) is 8.12. The Bertz CT molecular complexity index is 1010. The minimum atomic E-state index is -0.482. The highest BCUT2D eigenvalue weighted by Crippen LogP contribution is 2.23. The summed E-state index contributed by atoms with van der Waals surface area (Å²) >= 11 is 0. The van der Waals surface area contributed by atoms with Crippen LogP contribution in [0.1, 0.15) is 16.8 Å². The number of amides is 1. The fourth-order valence-corrected chi connectivity index (χ4v) is 3.85. The number of hydrogen-bond acceptors (Lipinski definition) is 6. The number of pyridine rings is 1. The highest BCUT2D eigenvalue weighted by Gasteiger charge is 2.14. The van der Waals surface area contributed by atoms with Gasteiger partial charge >= 0.3 is 0 Å². The molecule has 0 radical (unpaired) electrons. The second-order valence-electron chi connectivity index (χ2n) is 7.98. The van der Waals surface area contributed by atoms with E-state index < -0.39 is 5.91 Å². The topological polar surface area (TPSA) is 94.4 Å². The molecule has 3 N–H and O–H groups in total. The minimum absolute atomic E-state index is 0.416. The summed E-state index contributed by atoms with van der Waals surface area (Å²) in [6, 6.07) is 9.38. The number of likely N-dealkylation sites (N-methyl/N-ethyl adjacent to an activating group) is 2. The Balaban J connectivity index is 1.43. The molecule has 8 nitrogen and oxygen atoms in total. The first-order chi connectivity index (χ1) is 14.5. The number of nitrogens with zero attached hydrogens (tertiary/aromatic N) is 5. The molecule has 1 amide bonds. The van der Waals surface area contributed by atoms with E-state index in [-0.39, 0.29) is 0 Å². The molecule has 1 saturated heterocycles. The summed E-state index contributed by atoms with van der Waals surface area (Å²) in [7, 11) is 4.27. The van der Waals surface area contributed by atoms with E-state index >= 15 is 0 Å². The largest absolute Gasteiger partial charge is 0.366 e. The van der Waals surface area contributed by atoms with Crippen LogP contribution in [-0.4, -0.2) is 84.0 Å². The SMILES string of the molecule is CN1CCCN(CCN(C)c2ccc(-c3nc4c(C(N)=O)cccc4[nH]3)cn2)CC1. The highest BCUT2D eigenvalue weighted by atomic mass is 16.1. The Morgan fingerprint density at radius 3 is 2.83 bits per heavy atom. The Hall–Kier alpha value is -2.97. The highest BCUT2D eigenvalue weighted by molar-refractivity contribution is 6.04. The third kappa shape index (κ3) is 4.44. The molecule has 0 spiro atoms. The molecule has 3 heterocycles. The van der Waals surface area contributed by atoms with Gasteiger partial charge in [-0.25, -0.2) is 9.97 Å². The van der Waals surface area contributed by atoms with Crippen LogP contribution >= 0.6 is 0 Å². The van der Waals surface area contributed by atoms with Crippen LogP contribution in [0.25, 0.3) is 22.4 Å². The molecule has 1 fully saturated rings. The number of aromatic nitrogens is 3. The third-order valence-electron chi connectivity index (χ3n) is 5.75. The van der Waals surface area contributed by atoms with E-state index in [2.05, 4.69) is 43.7 Å². The average molecular weight is 408 g/mol. The van der Waals surface area contributed by atoms with Crippen molar-refractivity contribution >= 4 is 22.8 Å². The molecule has 0 bridgehead atoms. The van der Waals surface area contributed by atoms with Crippen LogP contribution in [0.5, 0.6) is 0 Å². The maximum atomic E-state index is 11.6. The van der Waals surface area contributed by atoms with Crippen molar-refractivity contribution in [3.63, 3.8) is 0 Å². The van der Waals surface area contributed by atoms with Gasteiger partial charge in [0.05, 0.1) is 11.1 Å². The molecule has 1 aliphatic heterocycles. The quantitative estimate of drug-likeness (QED) is 0.647. The summed E-state index contributed by atoms with van der Waals surface area (Å²) in [6.45, 7) is 6.56. The Morgan fingerprint density at radius 2 is 2.07 bits per heavy atom. The first-order valence-corrected chi connectivity index (χ1v) is 10.4. The van der Waals surface area contributed by atoms with Crippen LogP contribution in [0.2, 0.25) is 0 Å². The molecule has 0 unspecified atom stereocenters. The zero-order valence-electron chi connectivity index (χ0n) is 17.6. The minimum Gasteiger partial charge on any atom is -0.366 e. The van der Waals surface area contributed by atoms with Crippen LogP contribution in [0, 0.1) is 0 Å². The van der Waals surface area contributed by atoms with Gasteiger partial charge in [0.1, 0.15) is 17.2 Å². The fraction of sp³-hybridized carbons (Fsp3) is 0.409. The van der Waals surface area contributed by atoms with Gasteiger partial charge in [-0.15, -0.1) is 0 Å². The van der Waals surface area contributed by atoms with Crippen molar-refractivity contribution in [3.05, 3.63) is 42.1 Å². The number of anilines is 1. The fourth-order valence-electron chi connectivity index (χ4n) is 3.85. The predicted octanol–water partition coefficient (Wildman–Crippen LogP) is 1.80. The van der Waals surface area contributed by atoms with E-state index in [0.29, 0.717) is 16.9 Å². The third-order valence-corrected chi connectivity index (χ3v) is 5.75. The van der Waals surface area contributed by atoms with Crippen molar-refractivity contribution in [2.45, 2.75) is 6.42 Å².